The van der Waals surface area contributed by atoms with Gasteiger partial charge in [0.05, 0.1) is 0 Å². The van der Waals surface area contributed by atoms with Crippen LogP contribution >= 0.6 is 0 Å². The highest BCUT2D eigenvalue weighted by Gasteiger charge is 2.24. The standard InChI is InChI=1S/C12H16FNO/c13-9-5-1-3-7-11(9)15-12-8-4-2-6-10(12)14/h1,3,5,7,10,12H,2,4,6,8,14H2/t10-,12+/m0/s1. The molecule has 3 heteroatoms. The summed E-state index contributed by atoms with van der Waals surface area (Å²) in [6.45, 7) is 0. The van der Waals surface area contributed by atoms with Gasteiger partial charge in [0, 0.05) is 6.04 Å². The van der Waals surface area contributed by atoms with Crippen molar-refractivity contribution in [1.82, 2.24) is 0 Å². The Kier molecular flexibility index (Phi) is 3.21. The molecule has 1 aromatic carbocycles. The predicted molar refractivity (Wildman–Crippen MR) is 57.3 cm³/mol. The number of para-hydroxylation sites is 1. The summed E-state index contributed by atoms with van der Waals surface area (Å²) in [5, 5.41) is 0. The fourth-order valence-electron chi connectivity index (χ4n) is 1.98. The maximum atomic E-state index is 13.3. The first kappa shape index (κ1) is 10.4. The van der Waals surface area contributed by atoms with Crippen LogP contribution in [0.1, 0.15) is 25.7 Å². The first-order valence-electron chi connectivity index (χ1n) is 5.44. The number of hydrogen-bond acceptors (Lipinski definition) is 2. The Bertz CT molecular complexity index is 329. The summed E-state index contributed by atoms with van der Waals surface area (Å²) in [4.78, 5) is 0. The fourth-order valence-corrected chi connectivity index (χ4v) is 1.98. The van der Waals surface area contributed by atoms with Crippen molar-refractivity contribution in [3.63, 3.8) is 0 Å². The normalized spacial score (nSPS) is 26.3. The minimum atomic E-state index is -0.310. The van der Waals surface area contributed by atoms with Crippen LogP contribution < -0.4 is 10.5 Å². The van der Waals surface area contributed by atoms with Crippen LogP contribution in [0.2, 0.25) is 0 Å². The van der Waals surface area contributed by atoms with Crippen LogP contribution in [0.5, 0.6) is 5.75 Å². The minimum Gasteiger partial charge on any atom is -0.486 e. The highest BCUT2D eigenvalue weighted by atomic mass is 19.1. The maximum Gasteiger partial charge on any atom is 0.165 e. The van der Waals surface area contributed by atoms with Crippen LogP contribution in [0.4, 0.5) is 4.39 Å². The highest BCUT2D eigenvalue weighted by molar-refractivity contribution is 5.24. The molecule has 0 saturated heterocycles. The zero-order chi connectivity index (χ0) is 10.7. The van der Waals surface area contributed by atoms with Crippen molar-refractivity contribution in [3.05, 3.63) is 30.1 Å². The summed E-state index contributed by atoms with van der Waals surface area (Å²) < 4.78 is 18.9. The molecule has 0 aliphatic heterocycles. The van der Waals surface area contributed by atoms with Crippen molar-refractivity contribution in [2.45, 2.75) is 37.8 Å². The molecule has 0 unspecified atom stereocenters. The highest BCUT2D eigenvalue weighted by Crippen LogP contribution is 2.24. The number of rotatable bonds is 2. The molecule has 1 aromatic rings. The SMILES string of the molecule is N[C@H]1CCCC[C@H]1Oc1ccccc1F. The number of nitrogens with two attached hydrogens (primary N) is 1. The summed E-state index contributed by atoms with van der Waals surface area (Å²) in [6, 6.07) is 6.52. The Labute approximate surface area is 89.2 Å². The van der Waals surface area contributed by atoms with Gasteiger partial charge in [0.15, 0.2) is 11.6 Å². The van der Waals surface area contributed by atoms with Gasteiger partial charge >= 0.3 is 0 Å². The number of ether oxygens (including phenoxy) is 1. The second kappa shape index (κ2) is 4.62. The molecule has 2 rings (SSSR count). The summed E-state index contributed by atoms with van der Waals surface area (Å²) >= 11 is 0. The lowest BCUT2D eigenvalue weighted by Gasteiger charge is -2.29. The van der Waals surface area contributed by atoms with Crippen molar-refractivity contribution in [1.29, 1.82) is 0 Å². The van der Waals surface area contributed by atoms with Crippen LogP contribution in [0.25, 0.3) is 0 Å². The van der Waals surface area contributed by atoms with Gasteiger partial charge in [0.2, 0.25) is 0 Å². The number of benzene rings is 1. The number of hydrogen-bond donors (Lipinski definition) is 1. The van der Waals surface area contributed by atoms with E-state index in [4.69, 9.17) is 10.5 Å². The molecule has 0 bridgehead atoms. The van der Waals surface area contributed by atoms with E-state index in [0.29, 0.717) is 5.75 Å². The molecule has 2 N–H and O–H groups in total. The van der Waals surface area contributed by atoms with Crippen molar-refractivity contribution in [2.75, 3.05) is 0 Å². The summed E-state index contributed by atoms with van der Waals surface area (Å²) in [5.41, 5.74) is 5.93. The summed E-state index contributed by atoms with van der Waals surface area (Å²) in [5.74, 6) is 0.00937. The van der Waals surface area contributed by atoms with E-state index >= 15 is 0 Å². The van der Waals surface area contributed by atoms with E-state index in [1.807, 2.05) is 0 Å². The van der Waals surface area contributed by atoms with Crippen LogP contribution in [0.3, 0.4) is 0 Å². The summed E-state index contributed by atoms with van der Waals surface area (Å²) in [6.07, 6.45) is 4.13. The third kappa shape index (κ3) is 2.48. The van der Waals surface area contributed by atoms with Gasteiger partial charge in [-0.3, -0.25) is 0 Å². The molecule has 82 valence electrons. The average molecular weight is 209 g/mol. The van der Waals surface area contributed by atoms with Gasteiger partial charge in [-0.05, 0) is 31.4 Å². The van der Waals surface area contributed by atoms with Gasteiger partial charge in [-0.15, -0.1) is 0 Å². The molecule has 0 heterocycles. The predicted octanol–water partition coefficient (Wildman–Crippen LogP) is 2.47. The van der Waals surface area contributed by atoms with E-state index in [1.165, 1.54) is 6.07 Å². The lowest BCUT2D eigenvalue weighted by Crippen LogP contribution is -2.41. The van der Waals surface area contributed by atoms with Gasteiger partial charge in [0.25, 0.3) is 0 Å². The minimum absolute atomic E-state index is 0.0318. The van der Waals surface area contributed by atoms with Crippen LogP contribution in [-0.4, -0.2) is 12.1 Å². The third-order valence-electron chi connectivity index (χ3n) is 2.87. The van der Waals surface area contributed by atoms with E-state index in [9.17, 15) is 4.39 Å². The summed E-state index contributed by atoms with van der Waals surface area (Å²) in [7, 11) is 0. The second-order valence-electron chi connectivity index (χ2n) is 4.04. The lowest BCUT2D eigenvalue weighted by molar-refractivity contribution is 0.127. The second-order valence-corrected chi connectivity index (χ2v) is 4.04. The quantitative estimate of drug-likeness (QED) is 0.812. The number of halogens is 1. The van der Waals surface area contributed by atoms with Gasteiger partial charge in [0.1, 0.15) is 6.10 Å². The van der Waals surface area contributed by atoms with Crippen molar-refractivity contribution >= 4 is 0 Å². The molecule has 0 spiro atoms. The van der Waals surface area contributed by atoms with E-state index in [2.05, 4.69) is 0 Å². The molecule has 1 aliphatic carbocycles. The van der Waals surface area contributed by atoms with E-state index < -0.39 is 0 Å². The molecule has 0 amide bonds. The maximum absolute atomic E-state index is 13.3. The fraction of sp³-hybridized carbons (Fsp3) is 0.500. The Balaban J connectivity index is 2.04. The van der Waals surface area contributed by atoms with Crippen molar-refractivity contribution < 1.29 is 9.13 Å². The average Bonchev–Trinajstić information content (AvgIpc) is 2.24. The topological polar surface area (TPSA) is 35.2 Å². The first-order chi connectivity index (χ1) is 7.27. The molecular weight excluding hydrogens is 193 g/mol. The Hall–Kier alpha value is -1.09. The zero-order valence-corrected chi connectivity index (χ0v) is 8.66. The Morgan fingerprint density at radius 3 is 2.67 bits per heavy atom. The molecule has 0 aromatic heterocycles. The van der Waals surface area contributed by atoms with E-state index in [0.717, 1.165) is 25.7 Å². The molecule has 1 saturated carbocycles. The third-order valence-corrected chi connectivity index (χ3v) is 2.87. The van der Waals surface area contributed by atoms with Crippen LogP contribution in [0, 0.1) is 5.82 Å². The van der Waals surface area contributed by atoms with Gasteiger partial charge in [-0.1, -0.05) is 18.6 Å². The largest absolute Gasteiger partial charge is 0.486 e. The zero-order valence-electron chi connectivity index (χ0n) is 8.66. The molecule has 0 radical (unpaired) electrons. The van der Waals surface area contributed by atoms with Crippen LogP contribution in [0.15, 0.2) is 24.3 Å². The van der Waals surface area contributed by atoms with Crippen molar-refractivity contribution in [3.8, 4) is 5.75 Å². The van der Waals surface area contributed by atoms with E-state index in [1.54, 1.807) is 18.2 Å². The Morgan fingerprint density at radius 2 is 1.93 bits per heavy atom. The monoisotopic (exact) mass is 209 g/mol. The van der Waals surface area contributed by atoms with E-state index in [-0.39, 0.29) is 18.0 Å². The first-order valence-corrected chi connectivity index (χ1v) is 5.44. The van der Waals surface area contributed by atoms with Gasteiger partial charge < -0.3 is 10.5 Å². The molecular formula is C12H16FNO. The molecule has 2 nitrogen and oxygen atoms in total. The molecule has 1 fully saturated rings. The van der Waals surface area contributed by atoms with Gasteiger partial charge in [-0.2, -0.15) is 0 Å². The lowest BCUT2D eigenvalue weighted by atomic mass is 9.93. The Morgan fingerprint density at radius 1 is 1.20 bits per heavy atom. The molecule has 1 aliphatic rings. The van der Waals surface area contributed by atoms with Crippen molar-refractivity contribution in [2.24, 2.45) is 5.73 Å². The molecule has 2 atom stereocenters. The van der Waals surface area contributed by atoms with Crippen LogP contribution in [-0.2, 0) is 0 Å². The smallest absolute Gasteiger partial charge is 0.165 e. The van der Waals surface area contributed by atoms with Gasteiger partial charge in [-0.25, -0.2) is 4.39 Å². The molecule has 15 heavy (non-hydrogen) atoms.